The van der Waals surface area contributed by atoms with Crippen LogP contribution in [0, 0.1) is 11.8 Å². The Hall–Kier alpha value is -1.63. The van der Waals surface area contributed by atoms with E-state index in [0.29, 0.717) is 19.3 Å². The minimum Gasteiger partial charge on any atom is -0.481 e. The number of carboxylic acids is 1. The highest BCUT2D eigenvalue weighted by Gasteiger charge is 2.43. The van der Waals surface area contributed by atoms with Gasteiger partial charge >= 0.3 is 11.9 Å². The zero-order valence-electron chi connectivity index (χ0n) is 17.2. The minimum absolute atomic E-state index is 0.0127. The van der Waals surface area contributed by atoms with E-state index in [1.165, 1.54) is 0 Å². The SMILES string of the molecule is CCCCC(F)(F)C(=O)CC[C@H]1C(O)CC(=O)C1CC=CCCCCCC(=O)O. The summed E-state index contributed by atoms with van der Waals surface area (Å²) in [6.45, 7) is 1.79. The number of halogens is 2. The molecule has 29 heavy (non-hydrogen) atoms. The molecule has 1 aliphatic carbocycles. The van der Waals surface area contributed by atoms with E-state index in [-0.39, 0.29) is 37.9 Å². The van der Waals surface area contributed by atoms with Gasteiger partial charge in [0.05, 0.1) is 6.10 Å². The lowest BCUT2D eigenvalue weighted by atomic mass is 9.86. The number of aliphatic carboxylic acids is 1. The maximum atomic E-state index is 13.8. The van der Waals surface area contributed by atoms with Crippen LogP contribution in [0.1, 0.15) is 84.0 Å². The first-order chi connectivity index (χ1) is 13.7. The zero-order valence-corrected chi connectivity index (χ0v) is 17.2. The van der Waals surface area contributed by atoms with Gasteiger partial charge in [-0.25, -0.2) is 0 Å². The Morgan fingerprint density at radius 1 is 1.14 bits per heavy atom. The number of unbranched alkanes of at least 4 members (excludes halogenated alkanes) is 4. The van der Waals surface area contributed by atoms with E-state index in [1.54, 1.807) is 6.92 Å². The van der Waals surface area contributed by atoms with Gasteiger partial charge in [0.1, 0.15) is 5.78 Å². The third-order valence-corrected chi connectivity index (χ3v) is 5.61. The number of carboxylic acid groups (broad SMARTS) is 1. The molecule has 166 valence electrons. The summed E-state index contributed by atoms with van der Waals surface area (Å²) in [5.41, 5.74) is 0. The Morgan fingerprint density at radius 3 is 2.52 bits per heavy atom. The van der Waals surface area contributed by atoms with Crippen LogP contribution >= 0.6 is 0 Å². The number of allylic oxidation sites excluding steroid dienone is 2. The highest BCUT2D eigenvalue weighted by Crippen LogP contribution is 2.36. The average molecular weight is 417 g/mol. The number of carbonyl (C=O) groups is 3. The van der Waals surface area contributed by atoms with Crippen LogP contribution in [0.25, 0.3) is 0 Å². The molecule has 7 heteroatoms. The lowest BCUT2D eigenvalue weighted by molar-refractivity contribution is -0.144. The fraction of sp³-hybridized carbons (Fsp3) is 0.773. The zero-order chi connectivity index (χ0) is 21.9. The van der Waals surface area contributed by atoms with Crippen molar-refractivity contribution in [2.45, 2.75) is 96.0 Å². The van der Waals surface area contributed by atoms with Gasteiger partial charge in [-0.2, -0.15) is 8.78 Å². The monoisotopic (exact) mass is 416 g/mol. The Kier molecular flexibility index (Phi) is 11.2. The van der Waals surface area contributed by atoms with Crippen LogP contribution in [0.4, 0.5) is 8.78 Å². The van der Waals surface area contributed by atoms with Gasteiger partial charge in [0.15, 0.2) is 0 Å². The summed E-state index contributed by atoms with van der Waals surface area (Å²) in [4.78, 5) is 34.5. The van der Waals surface area contributed by atoms with Crippen LogP contribution in [0.15, 0.2) is 12.2 Å². The molecule has 5 nitrogen and oxygen atoms in total. The van der Waals surface area contributed by atoms with Crippen molar-refractivity contribution in [3.8, 4) is 0 Å². The van der Waals surface area contributed by atoms with Gasteiger partial charge in [0, 0.05) is 31.6 Å². The summed E-state index contributed by atoms with van der Waals surface area (Å²) >= 11 is 0. The molecule has 2 unspecified atom stereocenters. The first-order valence-corrected chi connectivity index (χ1v) is 10.7. The predicted octanol–water partition coefficient (Wildman–Crippen LogP) is 4.71. The van der Waals surface area contributed by atoms with E-state index < -0.39 is 42.0 Å². The Bertz CT molecular complexity index is 574. The van der Waals surface area contributed by atoms with Crippen molar-refractivity contribution in [1.82, 2.24) is 0 Å². The summed E-state index contributed by atoms with van der Waals surface area (Å²) in [7, 11) is 0. The normalized spacial score (nSPS) is 22.5. The van der Waals surface area contributed by atoms with Crippen molar-refractivity contribution in [3.63, 3.8) is 0 Å². The lowest BCUT2D eigenvalue weighted by Crippen LogP contribution is -2.30. The van der Waals surface area contributed by atoms with Crippen molar-refractivity contribution in [2.24, 2.45) is 11.8 Å². The second-order valence-electron chi connectivity index (χ2n) is 7.98. The van der Waals surface area contributed by atoms with E-state index in [0.717, 1.165) is 19.3 Å². The lowest BCUT2D eigenvalue weighted by Gasteiger charge is -2.21. The second kappa shape index (κ2) is 12.8. The fourth-order valence-corrected chi connectivity index (χ4v) is 3.81. The number of alkyl halides is 2. The molecule has 0 aromatic rings. The largest absolute Gasteiger partial charge is 0.481 e. The van der Waals surface area contributed by atoms with Crippen LogP contribution in [0.2, 0.25) is 0 Å². The molecule has 0 amide bonds. The van der Waals surface area contributed by atoms with Gasteiger partial charge in [-0.1, -0.05) is 31.9 Å². The van der Waals surface area contributed by atoms with Crippen LogP contribution in [-0.2, 0) is 14.4 Å². The number of rotatable bonds is 15. The van der Waals surface area contributed by atoms with E-state index in [2.05, 4.69) is 0 Å². The molecule has 0 aliphatic heterocycles. The Labute approximate surface area is 171 Å². The van der Waals surface area contributed by atoms with Crippen molar-refractivity contribution < 1.29 is 33.4 Å². The first-order valence-electron chi connectivity index (χ1n) is 10.7. The number of hydrogen-bond acceptors (Lipinski definition) is 4. The predicted molar refractivity (Wildman–Crippen MR) is 106 cm³/mol. The molecular formula is C22H34F2O5. The Morgan fingerprint density at radius 2 is 1.86 bits per heavy atom. The summed E-state index contributed by atoms with van der Waals surface area (Å²) in [6.07, 6.45) is 6.79. The quantitative estimate of drug-likeness (QED) is 0.298. The summed E-state index contributed by atoms with van der Waals surface area (Å²) in [6, 6.07) is 0. The molecule has 0 aromatic carbocycles. The van der Waals surface area contributed by atoms with Crippen LogP contribution in [-0.4, -0.2) is 39.8 Å². The molecule has 1 fully saturated rings. The van der Waals surface area contributed by atoms with Gasteiger partial charge in [0.2, 0.25) is 5.78 Å². The maximum Gasteiger partial charge on any atom is 0.305 e. The van der Waals surface area contributed by atoms with Crippen molar-refractivity contribution in [3.05, 3.63) is 12.2 Å². The van der Waals surface area contributed by atoms with Crippen LogP contribution in [0.5, 0.6) is 0 Å². The van der Waals surface area contributed by atoms with Gasteiger partial charge < -0.3 is 10.2 Å². The van der Waals surface area contributed by atoms with E-state index in [9.17, 15) is 28.3 Å². The van der Waals surface area contributed by atoms with Gasteiger partial charge in [-0.3, -0.25) is 14.4 Å². The molecule has 0 saturated heterocycles. The molecule has 0 heterocycles. The number of hydrogen-bond donors (Lipinski definition) is 2. The molecule has 3 atom stereocenters. The van der Waals surface area contributed by atoms with Gasteiger partial charge in [-0.05, 0) is 44.4 Å². The molecule has 1 aliphatic rings. The van der Waals surface area contributed by atoms with E-state index in [1.807, 2.05) is 12.2 Å². The molecule has 0 bridgehead atoms. The number of aliphatic hydroxyl groups excluding tert-OH is 1. The highest BCUT2D eigenvalue weighted by molar-refractivity contribution is 5.86. The topological polar surface area (TPSA) is 91.7 Å². The molecule has 1 rings (SSSR count). The number of ketones is 2. The van der Waals surface area contributed by atoms with Crippen molar-refractivity contribution in [2.75, 3.05) is 0 Å². The van der Waals surface area contributed by atoms with Crippen molar-refractivity contribution >= 4 is 17.5 Å². The molecule has 0 spiro atoms. The van der Waals surface area contributed by atoms with Crippen molar-refractivity contribution in [1.29, 1.82) is 0 Å². The third-order valence-electron chi connectivity index (χ3n) is 5.61. The minimum atomic E-state index is -3.33. The Balaban J connectivity index is 2.44. The third kappa shape index (κ3) is 9.15. The number of Topliss-reactive ketones (excluding diaryl/α,β-unsaturated/α-hetero) is 2. The molecule has 1 saturated carbocycles. The second-order valence-corrected chi connectivity index (χ2v) is 7.98. The average Bonchev–Trinajstić information content (AvgIpc) is 2.92. The molecular weight excluding hydrogens is 382 g/mol. The summed E-state index contributed by atoms with van der Waals surface area (Å²) in [5.74, 6) is -6.23. The highest BCUT2D eigenvalue weighted by atomic mass is 19.3. The van der Waals surface area contributed by atoms with Gasteiger partial charge in [-0.15, -0.1) is 0 Å². The number of aliphatic hydroxyl groups is 1. The fourth-order valence-electron chi connectivity index (χ4n) is 3.81. The molecule has 2 N–H and O–H groups in total. The van der Waals surface area contributed by atoms with Crippen LogP contribution in [0.3, 0.4) is 0 Å². The first kappa shape index (κ1) is 25.4. The standard InChI is InChI=1S/C22H34F2O5/c1-2-3-14-22(23,24)20(27)13-12-17-16(18(25)15-19(17)26)10-8-6-4-5-7-9-11-21(28)29/h6,8,16-17,19,26H,2-5,7,9-15H2,1H3,(H,28,29)/t16?,17-,19?/m1/s1. The van der Waals surface area contributed by atoms with E-state index in [4.69, 9.17) is 5.11 Å². The summed E-state index contributed by atoms with van der Waals surface area (Å²) < 4.78 is 27.7. The van der Waals surface area contributed by atoms with E-state index >= 15 is 0 Å². The molecule has 0 radical (unpaired) electrons. The summed E-state index contributed by atoms with van der Waals surface area (Å²) in [5, 5.41) is 18.7. The number of carbonyl (C=O) groups excluding carboxylic acids is 2. The van der Waals surface area contributed by atoms with Crippen LogP contribution < -0.4 is 0 Å². The molecule has 0 aromatic heterocycles. The maximum absolute atomic E-state index is 13.8. The smallest absolute Gasteiger partial charge is 0.305 e. The van der Waals surface area contributed by atoms with Gasteiger partial charge in [0.25, 0.3) is 0 Å².